The molecule has 3 aromatic carbocycles. The first-order valence-corrected chi connectivity index (χ1v) is 11.3. The van der Waals surface area contributed by atoms with Crippen LogP contribution in [0.2, 0.25) is 0 Å². The zero-order valence-corrected chi connectivity index (χ0v) is 19.1. The summed E-state index contributed by atoms with van der Waals surface area (Å²) in [7, 11) is 0. The van der Waals surface area contributed by atoms with E-state index in [0.29, 0.717) is 5.92 Å². The molecule has 0 bridgehead atoms. The summed E-state index contributed by atoms with van der Waals surface area (Å²) in [6, 6.07) is 25.2. The Balaban J connectivity index is 1.58. The van der Waals surface area contributed by atoms with E-state index in [-0.39, 0.29) is 5.91 Å². The molecule has 162 valence electrons. The predicted octanol–water partition coefficient (Wildman–Crippen LogP) is 7.81. The van der Waals surface area contributed by atoms with Gasteiger partial charge < -0.3 is 0 Å². The highest BCUT2D eigenvalue weighted by Gasteiger charge is 2.11. The molecule has 2 heterocycles. The van der Waals surface area contributed by atoms with Crippen LogP contribution in [0.3, 0.4) is 0 Å². The average Bonchev–Trinajstić information content (AvgIpc) is 3.21. The van der Waals surface area contributed by atoms with Crippen LogP contribution in [-0.2, 0) is 0 Å². The minimum Gasteiger partial charge on any atom is -0.287 e. The summed E-state index contributed by atoms with van der Waals surface area (Å²) in [5.74, 6) is 0.451. The molecule has 3 nitrogen and oxygen atoms in total. The van der Waals surface area contributed by atoms with Crippen molar-refractivity contribution >= 4 is 39.9 Å². The Bertz CT molecular complexity index is 1520. The van der Waals surface area contributed by atoms with Gasteiger partial charge >= 0.3 is 0 Å². The van der Waals surface area contributed by atoms with E-state index in [1.807, 2.05) is 36.7 Å². The molecule has 0 fully saturated rings. The molecule has 0 aliphatic heterocycles. The summed E-state index contributed by atoms with van der Waals surface area (Å²) in [6.45, 7) is 6.03. The topological polar surface area (TPSA) is 34.9 Å². The van der Waals surface area contributed by atoms with Crippen LogP contribution in [0, 0.1) is 0 Å². The van der Waals surface area contributed by atoms with Gasteiger partial charge in [-0.15, -0.1) is 0 Å². The third kappa shape index (κ3) is 3.98. The van der Waals surface area contributed by atoms with Gasteiger partial charge in [0, 0.05) is 41.2 Å². The first-order chi connectivity index (χ1) is 16.0. The summed E-state index contributed by atoms with van der Waals surface area (Å²) < 4.78 is 1.71. The van der Waals surface area contributed by atoms with Gasteiger partial charge in [-0.1, -0.05) is 68.5 Å². The summed E-state index contributed by atoms with van der Waals surface area (Å²) in [6.07, 6.45) is 7.96. The second-order valence-corrected chi connectivity index (χ2v) is 8.75. The Kier molecular flexibility index (Phi) is 5.39. The SMILES string of the molecule is CC(=O)n1cc(/C=C/c2cccc(-c3cc(C(C)C)cc4cccnc34)c2)c2ccccc21. The summed E-state index contributed by atoms with van der Waals surface area (Å²) in [5.41, 5.74) is 7.69. The van der Waals surface area contributed by atoms with Crippen LogP contribution in [0.5, 0.6) is 0 Å². The van der Waals surface area contributed by atoms with Crippen LogP contribution in [-0.4, -0.2) is 15.5 Å². The Labute approximate surface area is 194 Å². The van der Waals surface area contributed by atoms with E-state index in [0.717, 1.165) is 44.1 Å². The second-order valence-electron chi connectivity index (χ2n) is 8.75. The molecule has 3 heteroatoms. The van der Waals surface area contributed by atoms with E-state index in [1.54, 1.807) is 11.5 Å². The lowest BCUT2D eigenvalue weighted by atomic mass is 9.93. The number of aromatic nitrogens is 2. The van der Waals surface area contributed by atoms with E-state index in [1.165, 1.54) is 5.56 Å². The number of benzene rings is 3. The maximum absolute atomic E-state index is 12.1. The van der Waals surface area contributed by atoms with Gasteiger partial charge in [0.15, 0.2) is 0 Å². The van der Waals surface area contributed by atoms with Crippen LogP contribution in [0.1, 0.15) is 48.2 Å². The third-order valence-electron chi connectivity index (χ3n) is 6.13. The maximum atomic E-state index is 12.1. The highest BCUT2D eigenvalue weighted by atomic mass is 16.1. The monoisotopic (exact) mass is 430 g/mol. The number of hydrogen-bond donors (Lipinski definition) is 0. The summed E-state index contributed by atoms with van der Waals surface area (Å²) in [5, 5.41) is 2.23. The van der Waals surface area contributed by atoms with Gasteiger partial charge in [0.25, 0.3) is 0 Å². The van der Waals surface area contributed by atoms with Gasteiger partial charge in [-0.25, -0.2) is 0 Å². The van der Waals surface area contributed by atoms with Gasteiger partial charge in [-0.2, -0.15) is 0 Å². The van der Waals surface area contributed by atoms with Crippen molar-refractivity contribution in [2.75, 3.05) is 0 Å². The van der Waals surface area contributed by atoms with E-state index in [4.69, 9.17) is 0 Å². The number of rotatable bonds is 4. The first kappa shape index (κ1) is 20.9. The van der Waals surface area contributed by atoms with Crippen LogP contribution in [0.15, 0.2) is 85.2 Å². The van der Waals surface area contributed by atoms with Crippen molar-refractivity contribution in [3.8, 4) is 11.1 Å². The van der Waals surface area contributed by atoms with E-state index >= 15 is 0 Å². The number of hydrogen-bond acceptors (Lipinski definition) is 2. The normalized spacial score (nSPS) is 11.8. The van der Waals surface area contributed by atoms with Gasteiger partial charge in [0.2, 0.25) is 5.91 Å². The lowest BCUT2D eigenvalue weighted by molar-refractivity contribution is 0.0941. The molecule has 0 spiro atoms. The number of pyridine rings is 1. The van der Waals surface area contributed by atoms with E-state index in [9.17, 15) is 4.79 Å². The Morgan fingerprint density at radius 3 is 2.61 bits per heavy atom. The first-order valence-electron chi connectivity index (χ1n) is 11.3. The summed E-state index contributed by atoms with van der Waals surface area (Å²) >= 11 is 0. The Morgan fingerprint density at radius 2 is 1.79 bits per heavy atom. The largest absolute Gasteiger partial charge is 0.287 e. The van der Waals surface area contributed by atoms with Crippen LogP contribution < -0.4 is 0 Å². The molecular weight excluding hydrogens is 404 g/mol. The molecule has 0 saturated heterocycles. The molecule has 0 N–H and O–H groups in total. The van der Waals surface area contributed by atoms with Gasteiger partial charge in [-0.3, -0.25) is 14.3 Å². The lowest BCUT2D eigenvalue weighted by Crippen LogP contribution is -2.02. The minimum absolute atomic E-state index is 0.0114. The van der Waals surface area contributed by atoms with E-state index < -0.39 is 0 Å². The van der Waals surface area contributed by atoms with Crippen molar-refractivity contribution in [3.05, 3.63) is 102 Å². The van der Waals surface area contributed by atoms with Crippen molar-refractivity contribution in [1.82, 2.24) is 9.55 Å². The lowest BCUT2D eigenvalue weighted by Gasteiger charge is -2.12. The molecule has 0 radical (unpaired) electrons. The van der Waals surface area contributed by atoms with Crippen LogP contribution in [0.4, 0.5) is 0 Å². The Morgan fingerprint density at radius 1 is 0.939 bits per heavy atom. The van der Waals surface area contributed by atoms with Crippen molar-refractivity contribution in [2.45, 2.75) is 26.7 Å². The zero-order valence-electron chi connectivity index (χ0n) is 19.1. The van der Waals surface area contributed by atoms with Gasteiger partial charge in [-0.05, 0) is 52.9 Å². The molecule has 0 amide bonds. The standard InChI is InChI=1S/C30H26N2O/c1-20(2)26-17-24-10-7-15-31-30(24)28(18-26)23-9-6-8-22(16-23)13-14-25-19-32(21(3)33)29-12-5-4-11-27(25)29/h4-20H,1-3H3/b14-13+. The molecule has 0 aliphatic rings. The van der Waals surface area contributed by atoms with Gasteiger partial charge in [0.05, 0.1) is 11.0 Å². The second kappa shape index (κ2) is 8.51. The maximum Gasteiger partial charge on any atom is 0.227 e. The van der Waals surface area contributed by atoms with Crippen molar-refractivity contribution < 1.29 is 4.79 Å². The number of carbonyl (C=O) groups is 1. The minimum atomic E-state index is 0.0114. The number of carbonyl (C=O) groups excluding carboxylic acids is 1. The van der Waals surface area contributed by atoms with Crippen molar-refractivity contribution in [3.63, 3.8) is 0 Å². The molecule has 0 atom stereocenters. The molecule has 0 aliphatic carbocycles. The van der Waals surface area contributed by atoms with Crippen molar-refractivity contribution in [2.24, 2.45) is 0 Å². The smallest absolute Gasteiger partial charge is 0.227 e. The number of nitrogens with zero attached hydrogens (tertiary/aromatic N) is 2. The molecule has 5 aromatic rings. The van der Waals surface area contributed by atoms with Gasteiger partial charge in [0.1, 0.15) is 0 Å². The van der Waals surface area contributed by atoms with Crippen LogP contribution in [0.25, 0.3) is 45.1 Å². The molecule has 0 saturated carbocycles. The van der Waals surface area contributed by atoms with E-state index in [2.05, 4.69) is 79.5 Å². The molecule has 5 rings (SSSR count). The number of para-hydroxylation sites is 1. The van der Waals surface area contributed by atoms with Crippen molar-refractivity contribution in [1.29, 1.82) is 0 Å². The Hall–Kier alpha value is -3.98. The molecular formula is C30H26N2O. The average molecular weight is 431 g/mol. The van der Waals surface area contributed by atoms with Crippen LogP contribution >= 0.6 is 0 Å². The molecule has 0 unspecified atom stereocenters. The highest BCUT2D eigenvalue weighted by Crippen LogP contribution is 2.32. The third-order valence-corrected chi connectivity index (χ3v) is 6.13. The fourth-order valence-electron chi connectivity index (χ4n) is 4.36. The zero-order chi connectivity index (χ0) is 22.9. The molecule has 33 heavy (non-hydrogen) atoms. The molecule has 2 aromatic heterocycles. The number of fused-ring (bicyclic) bond motifs is 2. The predicted molar refractivity (Wildman–Crippen MR) is 138 cm³/mol. The highest BCUT2D eigenvalue weighted by molar-refractivity contribution is 5.98. The fraction of sp³-hybridized carbons (Fsp3) is 0.133. The quantitative estimate of drug-likeness (QED) is 0.291. The fourth-order valence-corrected chi connectivity index (χ4v) is 4.36. The summed E-state index contributed by atoms with van der Waals surface area (Å²) in [4.78, 5) is 16.7.